The highest BCUT2D eigenvalue weighted by Gasteiger charge is 2.57. The average Bonchev–Trinajstić information content (AvgIpc) is 2.84. The molecule has 0 bridgehead atoms. The Morgan fingerprint density at radius 2 is 2.06 bits per heavy atom. The summed E-state index contributed by atoms with van der Waals surface area (Å²) in [5.41, 5.74) is 5.30. The zero-order valence-corrected chi connectivity index (χ0v) is 12.0. The highest BCUT2D eigenvalue weighted by Crippen LogP contribution is 2.54. The topological polar surface area (TPSA) is 55.5 Å². The van der Waals surface area contributed by atoms with Crippen molar-refractivity contribution in [3.63, 3.8) is 0 Å². The molecule has 4 unspecified atom stereocenters. The Labute approximate surface area is 111 Å². The second kappa shape index (κ2) is 5.48. The molecule has 0 aliphatic heterocycles. The fourth-order valence-electron chi connectivity index (χ4n) is 4.38. The molecule has 0 heterocycles. The Balaban J connectivity index is 2.24. The predicted octanol–water partition coefficient (Wildman–Crippen LogP) is 2.46. The van der Waals surface area contributed by atoms with E-state index in [1.807, 2.05) is 0 Å². The lowest BCUT2D eigenvalue weighted by Gasteiger charge is -2.51. The molecule has 106 valence electrons. The quantitative estimate of drug-likeness (QED) is 0.811. The number of methoxy groups -OCH3 is 1. The summed E-state index contributed by atoms with van der Waals surface area (Å²) in [4.78, 5) is 0. The van der Waals surface area contributed by atoms with Crippen molar-refractivity contribution in [3.05, 3.63) is 0 Å². The standard InChI is InChI=1S/C15H29NO2/c1-3-12-7-9-14(10-12,11-16)15(17)8-5-4-6-13(15)18-2/h12-13,17H,3-11,16H2,1-2H3. The number of aliphatic hydroxyl groups is 1. The summed E-state index contributed by atoms with van der Waals surface area (Å²) < 4.78 is 5.61. The molecule has 0 spiro atoms. The summed E-state index contributed by atoms with van der Waals surface area (Å²) in [5, 5.41) is 11.3. The van der Waals surface area contributed by atoms with Crippen molar-refractivity contribution in [1.82, 2.24) is 0 Å². The highest BCUT2D eigenvalue weighted by atomic mass is 16.5. The second-order valence-electron chi connectivity index (χ2n) is 6.40. The van der Waals surface area contributed by atoms with Gasteiger partial charge in [-0.2, -0.15) is 0 Å². The molecule has 0 aromatic rings. The van der Waals surface area contributed by atoms with Gasteiger partial charge in [0.05, 0.1) is 11.7 Å². The van der Waals surface area contributed by atoms with E-state index in [1.54, 1.807) is 7.11 Å². The van der Waals surface area contributed by atoms with Gasteiger partial charge in [-0.05, 0) is 38.0 Å². The van der Waals surface area contributed by atoms with E-state index in [9.17, 15) is 5.11 Å². The van der Waals surface area contributed by atoms with Crippen molar-refractivity contribution in [2.75, 3.05) is 13.7 Å². The fraction of sp³-hybridized carbons (Fsp3) is 1.00. The zero-order chi connectivity index (χ0) is 13.2. The van der Waals surface area contributed by atoms with Crippen LogP contribution in [0.3, 0.4) is 0 Å². The van der Waals surface area contributed by atoms with Crippen molar-refractivity contribution in [1.29, 1.82) is 0 Å². The van der Waals surface area contributed by atoms with Gasteiger partial charge in [-0.1, -0.05) is 26.2 Å². The minimum atomic E-state index is -0.696. The maximum Gasteiger partial charge on any atom is 0.0975 e. The van der Waals surface area contributed by atoms with Gasteiger partial charge in [0.25, 0.3) is 0 Å². The Kier molecular flexibility index (Phi) is 4.35. The van der Waals surface area contributed by atoms with Gasteiger partial charge in [0, 0.05) is 19.1 Å². The first kappa shape index (κ1) is 14.3. The third-order valence-corrected chi connectivity index (χ3v) is 5.69. The highest BCUT2D eigenvalue weighted by molar-refractivity contribution is 5.09. The number of hydrogen-bond donors (Lipinski definition) is 2. The third kappa shape index (κ3) is 2.10. The van der Waals surface area contributed by atoms with E-state index >= 15 is 0 Å². The normalized spacial score (nSPS) is 45.3. The number of hydrogen-bond acceptors (Lipinski definition) is 3. The minimum Gasteiger partial charge on any atom is -0.387 e. The van der Waals surface area contributed by atoms with Gasteiger partial charge in [0.15, 0.2) is 0 Å². The first-order chi connectivity index (χ1) is 8.62. The Hall–Kier alpha value is -0.120. The van der Waals surface area contributed by atoms with Gasteiger partial charge < -0.3 is 15.6 Å². The van der Waals surface area contributed by atoms with Gasteiger partial charge in [0.2, 0.25) is 0 Å². The van der Waals surface area contributed by atoms with Crippen LogP contribution >= 0.6 is 0 Å². The molecule has 3 heteroatoms. The van der Waals surface area contributed by atoms with Crippen molar-refractivity contribution in [2.24, 2.45) is 17.1 Å². The van der Waals surface area contributed by atoms with Crippen LogP contribution in [0.1, 0.15) is 58.3 Å². The van der Waals surface area contributed by atoms with Crippen molar-refractivity contribution in [3.8, 4) is 0 Å². The molecule has 2 aliphatic carbocycles. The van der Waals surface area contributed by atoms with E-state index in [-0.39, 0.29) is 11.5 Å². The van der Waals surface area contributed by atoms with Gasteiger partial charge in [-0.3, -0.25) is 0 Å². The summed E-state index contributed by atoms with van der Waals surface area (Å²) in [6.45, 7) is 2.84. The summed E-state index contributed by atoms with van der Waals surface area (Å²) in [6, 6.07) is 0. The van der Waals surface area contributed by atoms with Crippen molar-refractivity contribution in [2.45, 2.75) is 70.0 Å². The molecular formula is C15H29NO2. The molecule has 3 N–H and O–H groups in total. The maximum absolute atomic E-state index is 11.3. The van der Waals surface area contributed by atoms with Gasteiger partial charge in [0.1, 0.15) is 0 Å². The predicted molar refractivity (Wildman–Crippen MR) is 73.3 cm³/mol. The molecule has 0 radical (unpaired) electrons. The van der Waals surface area contributed by atoms with Crippen LogP contribution in [0, 0.1) is 11.3 Å². The molecular weight excluding hydrogens is 226 g/mol. The lowest BCUT2D eigenvalue weighted by Crippen LogP contribution is -2.60. The SMILES string of the molecule is CCC1CCC(CN)(C2(O)CCCCC2OC)C1. The molecule has 0 aromatic heterocycles. The van der Waals surface area contributed by atoms with E-state index in [4.69, 9.17) is 10.5 Å². The number of rotatable bonds is 4. The zero-order valence-electron chi connectivity index (χ0n) is 12.0. The lowest BCUT2D eigenvalue weighted by molar-refractivity contribution is -0.185. The molecule has 2 rings (SSSR count). The first-order valence-electron chi connectivity index (χ1n) is 7.57. The Morgan fingerprint density at radius 3 is 2.61 bits per heavy atom. The molecule has 2 aliphatic rings. The fourth-order valence-corrected chi connectivity index (χ4v) is 4.38. The van der Waals surface area contributed by atoms with Gasteiger partial charge in [-0.25, -0.2) is 0 Å². The number of nitrogens with two attached hydrogens (primary N) is 1. The largest absolute Gasteiger partial charge is 0.387 e. The van der Waals surface area contributed by atoms with Crippen LogP contribution in [-0.4, -0.2) is 30.5 Å². The van der Waals surface area contributed by atoms with E-state index in [0.717, 1.165) is 38.0 Å². The van der Waals surface area contributed by atoms with Crippen LogP contribution in [0.2, 0.25) is 0 Å². The van der Waals surface area contributed by atoms with Gasteiger partial charge in [-0.15, -0.1) is 0 Å². The van der Waals surface area contributed by atoms with Crippen molar-refractivity contribution >= 4 is 0 Å². The lowest BCUT2D eigenvalue weighted by atomic mass is 9.62. The average molecular weight is 255 g/mol. The van der Waals surface area contributed by atoms with Crippen LogP contribution in [0.5, 0.6) is 0 Å². The minimum absolute atomic E-state index is 0.0228. The van der Waals surface area contributed by atoms with Crippen molar-refractivity contribution < 1.29 is 9.84 Å². The molecule has 4 atom stereocenters. The number of ether oxygens (including phenoxy) is 1. The van der Waals surface area contributed by atoms with Crippen LogP contribution in [-0.2, 0) is 4.74 Å². The summed E-state index contributed by atoms with van der Waals surface area (Å²) in [6.07, 6.45) is 8.65. The molecule has 0 saturated heterocycles. The third-order valence-electron chi connectivity index (χ3n) is 5.69. The molecule has 18 heavy (non-hydrogen) atoms. The first-order valence-corrected chi connectivity index (χ1v) is 7.57. The molecule has 2 fully saturated rings. The van der Waals surface area contributed by atoms with Crippen LogP contribution < -0.4 is 5.73 Å². The monoisotopic (exact) mass is 255 g/mol. The van der Waals surface area contributed by atoms with Crippen LogP contribution in [0.4, 0.5) is 0 Å². The van der Waals surface area contributed by atoms with E-state index in [0.29, 0.717) is 6.54 Å². The molecule has 2 saturated carbocycles. The summed E-state index contributed by atoms with van der Waals surface area (Å²) >= 11 is 0. The summed E-state index contributed by atoms with van der Waals surface area (Å²) in [5.74, 6) is 0.733. The molecule has 0 amide bonds. The van der Waals surface area contributed by atoms with E-state index in [2.05, 4.69) is 6.92 Å². The Bertz CT molecular complexity index is 284. The van der Waals surface area contributed by atoms with Gasteiger partial charge >= 0.3 is 0 Å². The van der Waals surface area contributed by atoms with Crippen LogP contribution in [0.15, 0.2) is 0 Å². The smallest absolute Gasteiger partial charge is 0.0975 e. The van der Waals surface area contributed by atoms with Crippen LogP contribution in [0.25, 0.3) is 0 Å². The Morgan fingerprint density at radius 1 is 1.28 bits per heavy atom. The summed E-state index contributed by atoms with van der Waals surface area (Å²) in [7, 11) is 1.73. The second-order valence-corrected chi connectivity index (χ2v) is 6.40. The van der Waals surface area contributed by atoms with E-state index in [1.165, 1.54) is 19.3 Å². The molecule has 3 nitrogen and oxygen atoms in total. The maximum atomic E-state index is 11.3. The van der Waals surface area contributed by atoms with E-state index < -0.39 is 5.60 Å². The molecule has 0 aromatic carbocycles.